The second-order valence-corrected chi connectivity index (χ2v) is 6.81. The Bertz CT molecular complexity index is 938. The quantitative estimate of drug-likeness (QED) is 0.673. The normalized spacial score (nSPS) is 10.9. The number of halogens is 3. The monoisotopic (exact) mass is 384 g/mol. The third-order valence-electron chi connectivity index (χ3n) is 3.30. The molecule has 5 nitrogen and oxygen atoms in total. The number of rotatable bonds is 3. The molecule has 0 aliphatic heterocycles. The van der Waals surface area contributed by atoms with Crippen molar-refractivity contribution in [2.45, 2.75) is 6.92 Å². The van der Waals surface area contributed by atoms with E-state index in [2.05, 4.69) is 15.3 Å². The molecule has 1 N–H and O–H groups in total. The minimum absolute atomic E-state index is 0.00930. The molecule has 3 rings (SSSR count). The van der Waals surface area contributed by atoms with Crippen LogP contribution in [0.3, 0.4) is 0 Å². The summed E-state index contributed by atoms with van der Waals surface area (Å²) in [5.41, 5.74) is 0.725. The number of carbonyl (C=O) groups is 1. The van der Waals surface area contributed by atoms with E-state index in [9.17, 15) is 9.18 Å². The molecule has 9 heteroatoms. The molecule has 0 saturated carbocycles. The van der Waals surface area contributed by atoms with Gasteiger partial charge in [0.15, 0.2) is 11.0 Å². The van der Waals surface area contributed by atoms with Crippen molar-refractivity contribution < 1.29 is 9.18 Å². The Labute approximate surface area is 151 Å². The maximum Gasteiger partial charge on any atom is 0.259 e. The molecule has 2 heterocycles. The lowest BCUT2D eigenvalue weighted by molar-refractivity contribution is 0.102. The van der Waals surface area contributed by atoms with Gasteiger partial charge in [-0.1, -0.05) is 34.5 Å². The third kappa shape index (κ3) is 3.15. The lowest BCUT2D eigenvalue weighted by Gasteiger charge is -2.05. The molecule has 24 heavy (non-hydrogen) atoms. The summed E-state index contributed by atoms with van der Waals surface area (Å²) in [7, 11) is 1.87. The predicted molar refractivity (Wildman–Crippen MR) is 93.4 cm³/mol. The van der Waals surface area contributed by atoms with Gasteiger partial charge in [-0.15, -0.1) is 0 Å². The van der Waals surface area contributed by atoms with Crippen molar-refractivity contribution in [1.29, 1.82) is 0 Å². The van der Waals surface area contributed by atoms with Gasteiger partial charge in [0.1, 0.15) is 5.82 Å². The molecule has 124 valence electrons. The number of anilines is 1. The van der Waals surface area contributed by atoms with Crippen LogP contribution in [0.2, 0.25) is 10.0 Å². The van der Waals surface area contributed by atoms with Gasteiger partial charge < -0.3 is 4.57 Å². The molecular weight excluding hydrogens is 374 g/mol. The lowest BCUT2D eigenvalue weighted by atomic mass is 10.2. The molecule has 0 unspecified atom stereocenters. The summed E-state index contributed by atoms with van der Waals surface area (Å²) in [6.45, 7) is 1.82. The summed E-state index contributed by atoms with van der Waals surface area (Å²) in [5, 5.41) is 2.93. The maximum absolute atomic E-state index is 13.6. The van der Waals surface area contributed by atoms with Crippen LogP contribution in [-0.2, 0) is 7.05 Å². The van der Waals surface area contributed by atoms with E-state index in [0.29, 0.717) is 5.13 Å². The third-order valence-corrected chi connectivity index (χ3v) is 4.97. The van der Waals surface area contributed by atoms with E-state index in [1.165, 1.54) is 17.4 Å². The van der Waals surface area contributed by atoms with Gasteiger partial charge >= 0.3 is 0 Å². The van der Waals surface area contributed by atoms with E-state index in [0.717, 1.165) is 22.5 Å². The van der Waals surface area contributed by atoms with Gasteiger partial charge in [0.25, 0.3) is 5.91 Å². The molecule has 0 radical (unpaired) electrons. The molecule has 0 aliphatic rings. The Kier molecular flexibility index (Phi) is 4.58. The van der Waals surface area contributed by atoms with E-state index in [-0.39, 0.29) is 15.6 Å². The number of amides is 1. The second kappa shape index (κ2) is 6.51. The van der Waals surface area contributed by atoms with Crippen LogP contribution in [-0.4, -0.2) is 20.4 Å². The summed E-state index contributed by atoms with van der Waals surface area (Å²) in [4.78, 5) is 21.7. The maximum atomic E-state index is 13.6. The fourth-order valence-electron chi connectivity index (χ4n) is 2.10. The largest absolute Gasteiger partial charge is 0.333 e. The van der Waals surface area contributed by atoms with Crippen LogP contribution in [0.15, 0.2) is 24.5 Å². The van der Waals surface area contributed by atoms with Crippen LogP contribution in [0.5, 0.6) is 0 Å². The Hall–Kier alpha value is -1.96. The van der Waals surface area contributed by atoms with Crippen LogP contribution in [0.4, 0.5) is 9.52 Å². The molecule has 1 amide bonds. The minimum atomic E-state index is -0.713. The first kappa shape index (κ1) is 16.9. The summed E-state index contributed by atoms with van der Waals surface area (Å²) < 4.78 is 15.4. The first-order valence-electron chi connectivity index (χ1n) is 6.78. The van der Waals surface area contributed by atoms with Crippen molar-refractivity contribution in [3.8, 4) is 10.7 Å². The van der Waals surface area contributed by atoms with Crippen LogP contribution in [0, 0.1) is 12.7 Å². The van der Waals surface area contributed by atoms with Gasteiger partial charge in [0.2, 0.25) is 0 Å². The molecule has 3 aromatic rings. The molecule has 0 bridgehead atoms. The highest BCUT2D eigenvalue weighted by molar-refractivity contribution is 7.19. The van der Waals surface area contributed by atoms with Crippen LogP contribution in [0.25, 0.3) is 10.7 Å². The Balaban J connectivity index is 1.89. The molecule has 0 fully saturated rings. The second-order valence-electron chi connectivity index (χ2n) is 5.00. The Morgan fingerprint density at radius 1 is 1.33 bits per heavy atom. The average Bonchev–Trinajstić information content (AvgIpc) is 3.08. The van der Waals surface area contributed by atoms with Crippen molar-refractivity contribution in [3.05, 3.63) is 51.6 Å². The van der Waals surface area contributed by atoms with E-state index in [4.69, 9.17) is 23.2 Å². The van der Waals surface area contributed by atoms with E-state index in [1.807, 2.05) is 24.7 Å². The first-order valence-corrected chi connectivity index (χ1v) is 8.35. The number of carbonyl (C=O) groups excluding carboxylic acids is 1. The SMILES string of the molecule is Cc1nc(NC(=O)c2cc(F)c(Cl)cc2Cl)sc1-c1nccn1C. The smallest absolute Gasteiger partial charge is 0.259 e. The molecule has 0 atom stereocenters. The number of aromatic nitrogens is 3. The van der Waals surface area contributed by atoms with Crippen LogP contribution in [0.1, 0.15) is 16.1 Å². The van der Waals surface area contributed by atoms with Gasteiger partial charge in [-0.25, -0.2) is 14.4 Å². The minimum Gasteiger partial charge on any atom is -0.333 e. The van der Waals surface area contributed by atoms with Crippen molar-refractivity contribution in [1.82, 2.24) is 14.5 Å². The topological polar surface area (TPSA) is 59.8 Å². The highest BCUT2D eigenvalue weighted by Crippen LogP contribution is 2.32. The van der Waals surface area contributed by atoms with Crippen molar-refractivity contribution in [3.63, 3.8) is 0 Å². The van der Waals surface area contributed by atoms with Crippen LogP contribution >= 0.6 is 34.5 Å². The molecular formula is C15H11Cl2FN4OS. The summed E-state index contributed by atoms with van der Waals surface area (Å²) in [6, 6.07) is 2.19. The number of imidazole rings is 1. The zero-order chi connectivity index (χ0) is 17.4. The standard InChI is InChI=1S/C15H11Cl2FN4OS/c1-7-12(13-19-3-4-22(13)2)24-15(20-7)21-14(23)8-5-11(18)10(17)6-9(8)16/h3-6H,1-2H3,(H,20,21,23). The summed E-state index contributed by atoms with van der Waals surface area (Å²) in [5.74, 6) is -0.521. The number of thiazole rings is 1. The zero-order valence-electron chi connectivity index (χ0n) is 12.6. The first-order chi connectivity index (χ1) is 11.4. The van der Waals surface area contributed by atoms with Crippen molar-refractivity contribution in [2.24, 2.45) is 7.05 Å². The number of hydrogen-bond donors (Lipinski definition) is 1. The Morgan fingerprint density at radius 2 is 2.08 bits per heavy atom. The predicted octanol–water partition coefficient (Wildman–Crippen LogP) is 4.55. The summed E-state index contributed by atoms with van der Waals surface area (Å²) in [6.07, 6.45) is 3.51. The fraction of sp³-hybridized carbons (Fsp3) is 0.133. The van der Waals surface area contributed by atoms with Gasteiger partial charge in [0, 0.05) is 19.4 Å². The number of benzene rings is 1. The van der Waals surface area contributed by atoms with Gasteiger partial charge in [-0.05, 0) is 19.1 Å². The Morgan fingerprint density at radius 3 is 2.75 bits per heavy atom. The number of aryl methyl sites for hydroxylation is 2. The molecule has 2 aromatic heterocycles. The van der Waals surface area contributed by atoms with E-state index >= 15 is 0 Å². The highest BCUT2D eigenvalue weighted by atomic mass is 35.5. The van der Waals surface area contributed by atoms with Gasteiger partial charge in [-0.3, -0.25) is 10.1 Å². The molecule has 0 spiro atoms. The van der Waals surface area contributed by atoms with Gasteiger partial charge in [0.05, 0.1) is 26.2 Å². The highest BCUT2D eigenvalue weighted by Gasteiger charge is 2.18. The molecule has 1 aromatic carbocycles. The number of nitrogens with one attached hydrogen (secondary N) is 1. The van der Waals surface area contributed by atoms with Crippen LogP contribution < -0.4 is 5.32 Å². The van der Waals surface area contributed by atoms with E-state index < -0.39 is 11.7 Å². The number of hydrogen-bond acceptors (Lipinski definition) is 4. The van der Waals surface area contributed by atoms with Gasteiger partial charge in [-0.2, -0.15) is 0 Å². The number of nitrogens with zero attached hydrogens (tertiary/aromatic N) is 3. The summed E-state index contributed by atoms with van der Waals surface area (Å²) >= 11 is 12.9. The fourth-order valence-corrected chi connectivity index (χ4v) is 3.57. The van der Waals surface area contributed by atoms with E-state index in [1.54, 1.807) is 6.20 Å². The zero-order valence-corrected chi connectivity index (χ0v) is 14.9. The van der Waals surface area contributed by atoms with Crippen molar-refractivity contribution in [2.75, 3.05) is 5.32 Å². The molecule has 0 aliphatic carbocycles. The van der Waals surface area contributed by atoms with Crippen molar-refractivity contribution >= 4 is 45.6 Å². The molecule has 0 saturated heterocycles. The average molecular weight is 385 g/mol. The lowest BCUT2D eigenvalue weighted by Crippen LogP contribution is -2.12.